The second kappa shape index (κ2) is 9.05. The Bertz CT molecular complexity index is 1070. The summed E-state index contributed by atoms with van der Waals surface area (Å²) in [7, 11) is 0. The maximum absolute atomic E-state index is 12.3. The number of benzene rings is 2. The standard InChI is InChI=1S/C23H21N5O2/c24-15-18-6-1-2-9-21(18)30-16-23(29)25-19-8-5-7-17(14-19)20-10-11-22(27-26-20)28-12-3-4-13-28/h1-2,5-11,14H,3-4,12-13,16H2,(H,25,29). The number of nitrogens with zero attached hydrogens (tertiary/aromatic N) is 4. The van der Waals surface area contributed by atoms with E-state index < -0.39 is 0 Å². The average molecular weight is 399 g/mol. The number of hydrogen-bond donors (Lipinski definition) is 1. The van der Waals surface area contributed by atoms with Crippen LogP contribution in [-0.4, -0.2) is 35.8 Å². The Balaban J connectivity index is 1.39. The third-order valence-electron chi connectivity index (χ3n) is 4.89. The van der Waals surface area contributed by atoms with Gasteiger partial charge in [-0.25, -0.2) is 0 Å². The Morgan fingerprint density at radius 2 is 1.90 bits per heavy atom. The van der Waals surface area contributed by atoms with Crippen LogP contribution in [0.15, 0.2) is 60.7 Å². The number of anilines is 2. The highest BCUT2D eigenvalue weighted by molar-refractivity contribution is 5.92. The molecule has 0 bridgehead atoms. The molecule has 2 heterocycles. The van der Waals surface area contributed by atoms with Crippen molar-refractivity contribution >= 4 is 17.4 Å². The molecule has 0 saturated carbocycles. The predicted octanol–water partition coefficient (Wildman–Crippen LogP) is 3.63. The molecule has 1 amide bonds. The highest BCUT2D eigenvalue weighted by Gasteiger charge is 2.14. The van der Waals surface area contributed by atoms with Crippen molar-refractivity contribution in [2.24, 2.45) is 0 Å². The summed E-state index contributed by atoms with van der Waals surface area (Å²) < 4.78 is 5.48. The van der Waals surface area contributed by atoms with Crippen molar-refractivity contribution < 1.29 is 9.53 Å². The molecule has 1 N–H and O–H groups in total. The van der Waals surface area contributed by atoms with E-state index in [0.29, 0.717) is 17.0 Å². The maximum atomic E-state index is 12.3. The molecule has 4 rings (SSSR count). The van der Waals surface area contributed by atoms with Gasteiger partial charge in [0.2, 0.25) is 0 Å². The first kappa shape index (κ1) is 19.4. The normalized spacial score (nSPS) is 13.0. The van der Waals surface area contributed by atoms with Gasteiger partial charge in [0.1, 0.15) is 11.8 Å². The highest BCUT2D eigenvalue weighted by Crippen LogP contribution is 2.23. The zero-order valence-corrected chi connectivity index (χ0v) is 16.4. The van der Waals surface area contributed by atoms with Crippen molar-refractivity contribution in [1.82, 2.24) is 10.2 Å². The van der Waals surface area contributed by atoms with E-state index >= 15 is 0 Å². The van der Waals surface area contributed by atoms with Gasteiger partial charge in [-0.15, -0.1) is 10.2 Å². The Kier molecular flexibility index (Phi) is 5.85. The van der Waals surface area contributed by atoms with Crippen LogP contribution in [0.4, 0.5) is 11.5 Å². The molecule has 1 fully saturated rings. The van der Waals surface area contributed by atoms with Crippen molar-refractivity contribution in [2.75, 3.05) is 29.9 Å². The van der Waals surface area contributed by atoms with Crippen molar-refractivity contribution in [2.45, 2.75) is 12.8 Å². The molecule has 1 aliphatic rings. The van der Waals surface area contributed by atoms with E-state index in [9.17, 15) is 4.79 Å². The molecular formula is C23H21N5O2. The minimum Gasteiger partial charge on any atom is -0.482 e. The molecule has 0 atom stereocenters. The number of aromatic nitrogens is 2. The van der Waals surface area contributed by atoms with Crippen molar-refractivity contribution in [1.29, 1.82) is 5.26 Å². The smallest absolute Gasteiger partial charge is 0.262 e. The van der Waals surface area contributed by atoms with E-state index in [4.69, 9.17) is 10.00 Å². The summed E-state index contributed by atoms with van der Waals surface area (Å²) in [5.41, 5.74) is 2.64. The lowest BCUT2D eigenvalue weighted by Gasteiger charge is -2.15. The molecule has 1 aromatic heterocycles. The number of rotatable bonds is 6. The van der Waals surface area contributed by atoms with E-state index in [-0.39, 0.29) is 12.5 Å². The van der Waals surface area contributed by atoms with Crippen LogP contribution in [0.3, 0.4) is 0 Å². The highest BCUT2D eigenvalue weighted by atomic mass is 16.5. The number of nitriles is 1. The second-order valence-electron chi connectivity index (χ2n) is 7.00. The number of carbonyl (C=O) groups is 1. The summed E-state index contributed by atoms with van der Waals surface area (Å²) in [6, 6.07) is 20.2. The Labute approximate surface area is 174 Å². The molecule has 7 heteroatoms. The van der Waals surface area contributed by atoms with Crippen LogP contribution in [0, 0.1) is 11.3 Å². The number of ether oxygens (including phenoxy) is 1. The quantitative estimate of drug-likeness (QED) is 0.681. The molecule has 3 aromatic rings. The molecule has 1 aliphatic heterocycles. The number of hydrogen-bond acceptors (Lipinski definition) is 6. The summed E-state index contributed by atoms with van der Waals surface area (Å²) >= 11 is 0. The summed E-state index contributed by atoms with van der Waals surface area (Å²) in [6.07, 6.45) is 2.38. The zero-order chi connectivity index (χ0) is 20.8. The van der Waals surface area contributed by atoms with E-state index in [1.807, 2.05) is 36.4 Å². The largest absolute Gasteiger partial charge is 0.482 e. The third-order valence-corrected chi connectivity index (χ3v) is 4.89. The van der Waals surface area contributed by atoms with E-state index in [1.54, 1.807) is 30.3 Å². The molecule has 150 valence electrons. The van der Waals surface area contributed by atoms with Crippen LogP contribution >= 0.6 is 0 Å². The van der Waals surface area contributed by atoms with Gasteiger partial charge in [-0.2, -0.15) is 5.26 Å². The summed E-state index contributed by atoms with van der Waals surface area (Å²) in [5, 5.41) is 20.6. The van der Waals surface area contributed by atoms with Crippen LogP contribution in [0.5, 0.6) is 5.75 Å². The summed E-state index contributed by atoms with van der Waals surface area (Å²) in [5.74, 6) is 0.975. The zero-order valence-electron chi connectivity index (χ0n) is 16.4. The van der Waals surface area contributed by atoms with Crippen molar-refractivity contribution in [3.63, 3.8) is 0 Å². The molecular weight excluding hydrogens is 378 g/mol. The molecule has 0 unspecified atom stereocenters. The SMILES string of the molecule is N#Cc1ccccc1OCC(=O)Nc1cccc(-c2ccc(N3CCCC3)nn2)c1. The molecule has 1 saturated heterocycles. The molecule has 2 aromatic carbocycles. The number of nitrogens with one attached hydrogen (secondary N) is 1. The average Bonchev–Trinajstić information content (AvgIpc) is 3.33. The first-order chi connectivity index (χ1) is 14.7. The van der Waals surface area contributed by atoms with Gasteiger partial charge in [0, 0.05) is 24.3 Å². The Morgan fingerprint density at radius 3 is 2.67 bits per heavy atom. The molecule has 30 heavy (non-hydrogen) atoms. The second-order valence-corrected chi connectivity index (χ2v) is 7.00. The molecule has 7 nitrogen and oxygen atoms in total. The van der Waals surface area contributed by atoms with Gasteiger partial charge in [-0.3, -0.25) is 4.79 Å². The number of para-hydroxylation sites is 1. The third kappa shape index (κ3) is 4.55. The van der Waals surface area contributed by atoms with Crippen LogP contribution < -0.4 is 15.0 Å². The fourth-order valence-electron chi connectivity index (χ4n) is 3.38. The van der Waals surface area contributed by atoms with Gasteiger partial charge in [0.25, 0.3) is 5.91 Å². The lowest BCUT2D eigenvalue weighted by molar-refractivity contribution is -0.118. The monoisotopic (exact) mass is 399 g/mol. The molecule has 0 aliphatic carbocycles. The fraction of sp³-hybridized carbons (Fsp3) is 0.217. The molecule has 0 spiro atoms. The van der Waals surface area contributed by atoms with Crippen LogP contribution in [0.1, 0.15) is 18.4 Å². The van der Waals surface area contributed by atoms with Crippen LogP contribution in [0.2, 0.25) is 0 Å². The minimum absolute atomic E-state index is 0.187. The van der Waals surface area contributed by atoms with E-state index in [2.05, 4.69) is 20.4 Å². The predicted molar refractivity (Wildman–Crippen MR) is 114 cm³/mol. The maximum Gasteiger partial charge on any atom is 0.262 e. The van der Waals surface area contributed by atoms with E-state index in [0.717, 1.165) is 30.2 Å². The fourth-order valence-corrected chi connectivity index (χ4v) is 3.38. The van der Waals surface area contributed by atoms with Gasteiger partial charge in [0.15, 0.2) is 12.4 Å². The Hall–Kier alpha value is -3.92. The van der Waals surface area contributed by atoms with Crippen molar-refractivity contribution in [3.8, 4) is 23.1 Å². The minimum atomic E-state index is -0.310. The topological polar surface area (TPSA) is 91.1 Å². The lowest BCUT2D eigenvalue weighted by atomic mass is 10.1. The van der Waals surface area contributed by atoms with Gasteiger partial charge >= 0.3 is 0 Å². The van der Waals surface area contributed by atoms with Crippen LogP contribution in [0.25, 0.3) is 11.3 Å². The van der Waals surface area contributed by atoms with Gasteiger partial charge in [-0.1, -0.05) is 24.3 Å². The van der Waals surface area contributed by atoms with Gasteiger partial charge < -0.3 is 15.0 Å². The first-order valence-corrected chi connectivity index (χ1v) is 9.84. The van der Waals surface area contributed by atoms with Gasteiger partial charge in [-0.05, 0) is 49.2 Å². The van der Waals surface area contributed by atoms with Crippen molar-refractivity contribution in [3.05, 3.63) is 66.2 Å². The molecule has 0 radical (unpaired) electrons. The summed E-state index contributed by atoms with van der Waals surface area (Å²) in [4.78, 5) is 14.5. The van der Waals surface area contributed by atoms with E-state index in [1.165, 1.54) is 12.8 Å². The number of amides is 1. The Morgan fingerprint density at radius 1 is 1.07 bits per heavy atom. The van der Waals surface area contributed by atoms with Gasteiger partial charge in [0.05, 0.1) is 11.3 Å². The summed E-state index contributed by atoms with van der Waals surface area (Å²) in [6.45, 7) is 1.86. The lowest BCUT2D eigenvalue weighted by Crippen LogP contribution is -2.20. The number of carbonyl (C=O) groups excluding carboxylic acids is 1. The first-order valence-electron chi connectivity index (χ1n) is 9.84. The van der Waals surface area contributed by atoms with Crippen LogP contribution in [-0.2, 0) is 4.79 Å².